The maximum Gasteiger partial charge on any atom is 0.168 e. The van der Waals surface area contributed by atoms with Crippen LogP contribution < -0.4 is 0 Å². The highest BCUT2D eigenvalue weighted by Gasteiger charge is 2.46. The van der Waals surface area contributed by atoms with Crippen molar-refractivity contribution < 1.29 is 9.47 Å². The van der Waals surface area contributed by atoms with Crippen molar-refractivity contribution in [1.82, 2.24) is 4.90 Å². The standard InChI is InChI=1S/C21H39NO2/c1-4-20(2,3)18-10-12-21(13-11-18)23-17-19(24-21)9-5-6-14-22-15-7-8-16-22/h18-19H,4-17H2,1-3H3. The van der Waals surface area contributed by atoms with Crippen molar-refractivity contribution in [1.29, 1.82) is 0 Å². The number of unbranched alkanes of at least 4 members (excludes halogenated alkanes) is 1. The van der Waals surface area contributed by atoms with E-state index in [1.54, 1.807) is 0 Å². The molecule has 24 heavy (non-hydrogen) atoms. The summed E-state index contributed by atoms with van der Waals surface area (Å²) in [6.45, 7) is 11.9. The van der Waals surface area contributed by atoms with E-state index in [1.165, 1.54) is 71.0 Å². The van der Waals surface area contributed by atoms with Crippen LogP contribution in [0.3, 0.4) is 0 Å². The number of ether oxygens (including phenoxy) is 2. The minimum atomic E-state index is -0.222. The van der Waals surface area contributed by atoms with E-state index in [4.69, 9.17) is 9.47 Å². The zero-order valence-electron chi connectivity index (χ0n) is 16.3. The fourth-order valence-corrected chi connectivity index (χ4v) is 4.86. The summed E-state index contributed by atoms with van der Waals surface area (Å²) >= 11 is 0. The Morgan fingerprint density at radius 1 is 1.08 bits per heavy atom. The van der Waals surface area contributed by atoms with Gasteiger partial charge in [-0.25, -0.2) is 0 Å². The van der Waals surface area contributed by atoms with Crippen molar-refractivity contribution in [3.63, 3.8) is 0 Å². The second kappa shape index (κ2) is 8.05. The molecule has 0 aromatic heterocycles. The molecule has 3 aliphatic rings. The maximum absolute atomic E-state index is 6.42. The topological polar surface area (TPSA) is 21.7 Å². The molecule has 3 rings (SSSR count). The summed E-state index contributed by atoms with van der Waals surface area (Å²) in [5, 5.41) is 0. The molecule has 3 fully saturated rings. The Labute approximate surface area is 149 Å². The summed E-state index contributed by atoms with van der Waals surface area (Å²) in [7, 11) is 0. The Hall–Kier alpha value is -0.120. The van der Waals surface area contributed by atoms with E-state index < -0.39 is 0 Å². The van der Waals surface area contributed by atoms with Gasteiger partial charge in [0.2, 0.25) is 0 Å². The summed E-state index contributed by atoms with van der Waals surface area (Å²) in [4.78, 5) is 2.62. The van der Waals surface area contributed by atoms with Gasteiger partial charge in [0.25, 0.3) is 0 Å². The van der Waals surface area contributed by atoms with Crippen LogP contribution in [-0.2, 0) is 9.47 Å². The van der Waals surface area contributed by atoms with Crippen LogP contribution in [0.5, 0.6) is 0 Å². The highest BCUT2D eigenvalue weighted by molar-refractivity contribution is 4.89. The number of hydrogen-bond donors (Lipinski definition) is 0. The van der Waals surface area contributed by atoms with Crippen molar-refractivity contribution >= 4 is 0 Å². The number of likely N-dealkylation sites (tertiary alicyclic amines) is 1. The van der Waals surface area contributed by atoms with Crippen LogP contribution in [0.4, 0.5) is 0 Å². The average Bonchev–Trinajstić information content (AvgIpc) is 3.23. The number of nitrogens with zero attached hydrogens (tertiary/aromatic N) is 1. The van der Waals surface area contributed by atoms with Gasteiger partial charge in [0.15, 0.2) is 5.79 Å². The van der Waals surface area contributed by atoms with Gasteiger partial charge >= 0.3 is 0 Å². The minimum absolute atomic E-state index is 0.222. The third kappa shape index (κ3) is 4.53. The molecule has 0 radical (unpaired) electrons. The van der Waals surface area contributed by atoms with Gasteiger partial charge in [-0.3, -0.25) is 0 Å². The molecule has 1 unspecified atom stereocenters. The largest absolute Gasteiger partial charge is 0.347 e. The van der Waals surface area contributed by atoms with Gasteiger partial charge in [-0.15, -0.1) is 0 Å². The Bertz CT molecular complexity index is 381. The monoisotopic (exact) mass is 337 g/mol. The highest BCUT2D eigenvalue weighted by atomic mass is 16.7. The van der Waals surface area contributed by atoms with Crippen LogP contribution in [0.15, 0.2) is 0 Å². The summed E-state index contributed by atoms with van der Waals surface area (Å²) in [6.07, 6.45) is 12.9. The molecule has 3 nitrogen and oxygen atoms in total. The number of hydrogen-bond acceptors (Lipinski definition) is 3. The van der Waals surface area contributed by atoms with Crippen molar-refractivity contribution in [2.45, 2.75) is 96.9 Å². The van der Waals surface area contributed by atoms with E-state index in [-0.39, 0.29) is 5.79 Å². The Morgan fingerprint density at radius 2 is 1.79 bits per heavy atom. The van der Waals surface area contributed by atoms with Gasteiger partial charge < -0.3 is 14.4 Å². The molecule has 0 aromatic rings. The highest BCUT2D eigenvalue weighted by Crippen LogP contribution is 2.47. The molecule has 2 aliphatic heterocycles. The molecule has 140 valence electrons. The first kappa shape index (κ1) is 18.7. The first-order valence-corrected chi connectivity index (χ1v) is 10.6. The molecular formula is C21H39NO2. The third-order valence-corrected chi connectivity index (χ3v) is 7.13. The van der Waals surface area contributed by atoms with Crippen LogP contribution in [0.25, 0.3) is 0 Å². The third-order valence-electron chi connectivity index (χ3n) is 7.13. The summed E-state index contributed by atoms with van der Waals surface area (Å²) in [6, 6.07) is 0. The molecule has 0 amide bonds. The van der Waals surface area contributed by atoms with E-state index in [9.17, 15) is 0 Å². The van der Waals surface area contributed by atoms with E-state index >= 15 is 0 Å². The lowest BCUT2D eigenvalue weighted by Crippen LogP contribution is -2.39. The van der Waals surface area contributed by atoms with Gasteiger partial charge in [-0.05, 0) is 75.9 Å². The fourth-order valence-electron chi connectivity index (χ4n) is 4.86. The Kier molecular flexibility index (Phi) is 6.26. The average molecular weight is 338 g/mol. The normalized spacial score (nSPS) is 35.1. The van der Waals surface area contributed by atoms with Gasteiger partial charge in [0.1, 0.15) is 0 Å². The molecule has 0 aromatic carbocycles. The summed E-state index contributed by atoms with van der Waals surface area (Å²) < 4.78 is 12.6. The van der Waals surface area contributed by atoms with Crippen molar-refractivity contribution in [3.05, 3.63) is 0 Å². The summed E-state index contributed by atoms with van der Waals surface area (Å²) in [5.41, 5.74) is 0.467. The zero-order valence-corrected chi connectivity index (χ0v) is 16.3. The van der Waals surface area contributed by atoms with E-state index in [0.717, 1.165) is 25.4 Å². The van der Waals surface area contributed by atoms with Gasteiger partial charge in [-0.1, -0.05) is 27.2 Å². The van der Waals surface area contributed by atoms with Crippen molar-refractivity contribution in [2.75, 3.05) is 26.2 Å². The van der Waals surface area contributed by atoms with Gasteiger partial charge in [-0.2, -0.15) is 0 Å². The van der Waals surface area contributed by atoms with E-state index in [0.29, 0.717) is 11.5 Å². The first-order valence-electron chi connectivity index (χ1n) is 10.6. The molecule has 0 N–H and O–H groups in total. The van der Waals surface area contributed by atoms with E-state index in [2.05, 4.69) is 25.7 Å². The van der Waals surface area contributed by atoms with Crippen LogP contribution in [-0.4, -0.2) is 43.0 Å². The minimum Gasteiger partial charge on any atom is -0.347 e. The zero-order chi connectivity index (χ0) is 17.0. The lowest BCUT2D eigenvalue weighted by molar-refractivity contribution is -0.197. The first-order chi connectivity index (χ1) is 11.5. The van der Waals surface area contributed by atoms with E-state index in [1.807, 2.05) is 0 Å². The molecular weight excluding hydrogens is 298 g/mol. The molecule has 1 aliphatic carbocycles. The second-order valence-electron chi connectivity index (χ2n) is 9.12. The predicted molar refractivity (Wildman–Crippen MR) is 99.1 cm³/mol. The van der Waals surface area contributed by atoms with Gasteiger partial charge in [0, 0.05) is 12.8 Å². The summed E-state index contributed by atoms with van der Waals surface area (Å²) in [5.74, 6) is 0.611. The smallest absolute Gasteiger partial charge is 0.168 e. The van der Waals surface area contributed by atoms with Crippen molar-refractivity contribution in [3.8, 4) is 0 Å². The van der Waals surface area contributed by atoms with Crippen LogP contribution in [0.1, 0.15) is 85.0 Å². The Balaban J connectivity index is 1.35. The molecule has 2 heterocycles. The molecule has 1 saturated carbocycles. The van der Waals surface area contributed by atoms with Crippen LogP contribution in [0, 0.1) is 11.3 Å². The van der Waals surface area contributed by atoms with Crippen molar-refractivity contribution in [2.24, 2.45) is 11.3 Å². The molecule has 2 saturated heterocycles. The predicted octanol–water partition coefficient (Wildman–Crippen LogP) is 4.99. The molecule has 0 bridgehead atoms. The maximum atomic E-state index is 6.42. The number of rotatable bonds is 7. The quantitative estimate of drug-likeness (QED) is 0.611. The molecule has 1 atom stereocenters. The van der Waals surface area contributed by atoms with Gasteiger partial charge in [0.05, 0.1) is 12.7 Å². The van der Waals surface area contributed by atoms with Crippen LogP contribution >= 0.6 is 0 Å². The lowest BCUT2D eigenvalue weighted by atomic mass is 9.68. The second-order valence-corrected chi connectivity index (χ2v) is 9.12. The molecule has 3 heteroatoms. The molecule has 1 spiro atoms. The SMILES string of the molecule is CCC(C)(C)C1CCC2(CC1)OCC(CCCCN1CCCC1)O2. The Morgan fingerprint density at radius 3 is 2.46 bits per heavy atom. The van der Waals surface area contributed by atoms with Crippen LogP contribution in [0.2, 0.25) is 0 Å². The fraction of sp³-hybridized carbons (Fsp3) is 1.00. The lowest BCUT2D eigenvalue weighted by Gasteiger charge is -2.42.